The number of rotatable bonds is 6. The molecule has 2 heterocycles. The number of amides is 2. The summed E-state index contributed by atoms with van der Waals surface area (Å²) in [6.07, 6.45) is 2.56. The third kappa shape index (κ3) is 6.47. The van der Waals surface area contributed by atoms with Crippen molar-refractivity contribution in [1.82, 2.24) is 14.7 Å². The van der Waals surface area contributed by atoms with Crippen LogP contribution in [0.2, 0.25) is 5.02 Å². The van der Waals surface area contributed by atoms with Crippen molar-refractivity contribution >= 4 is 29.3 Å². The number of piperidine rings is 1. The van der Waals surface area contributed by atoms with Crippen molar-refractivity contribution in [2.24, 2.45) is 0 Å². The van der Waals surface area contributed by atoms with E-state index in [2.05, 4.69) is 10.4 Å². The molecule has 0 unspecified atom stereocenters. The van der Waals surface area contributed by atoms with Crippen LogP contribution in [0.15, 0.2) is 42.6 Å². The zero-order chi connectivity index (χ0) is 28.3. The standard InChI is InChI=1S/C29H35ClN4O5/c1-18-24(30)8-7-9-25(18)34-26(19-10-12-33(13-11-19)28(36)39-29(2,3)4)23(17-31-34)27(35)32-20-14-21(37-5)16-22(15-20)38-6/h7-9,14-17,19H,10-13H2,1-6H3,(H,32,35). The van der Waals surface area contributed by atoms with Gasteiger partial charge in [-0.1, -0.05) is 17.7 Å². The Hall–Kier alpha value is -3.72. The number of ether oxygens (including phenoxy) is 3. The van der Waals surface area contributed by atoms with Crippen LogP contribution in [0.1, 0.15) is 61.1 Å². The summed E-state index contributed by atoms with van der Waals surface area (Å²) in [5.41, 5.74) is 2.86. The van der Waals surface area contributed by atoms with E-state index in [0.29, 0.717) is 53.7 Å². The maximum absolute atomic E-state index is 13.6. The molecule has 39 heavy (non-hydrogen) atoms. The lowest BCUT2D eigenvalue weighted by molar-refractivity contribution is 0.0203. The number of carbonyl (C=O) groups excluding carboxylic acids is 2. The maximum Gasteiger partial charge on any atom is 0.410 e. The van der Waals surface area contributed by atoms with E-state index in [4.69, 9.17) is 25.8 Å². The molecule has 2 amide bonds. The zero-order valence-electron chi connectivity index (χ0n) is 23.2. The molecule has 0 spiro atoms. The number of carbonyl (C=O) groups is 2. The van der Waals surface area contributed by atoms with E-state index in [-0.39, 0.29) is 17.9 Å². The molecular weight excluding hydrogens is 520 g/mol. The lowest BCUT2D eigenvalue weighted by atomic mass is 9.90. The quantitative estimate of drug-likeness (QED) is 0.389. The van der Waals surface area contributed by atoms with E-state index in [1.54, 1.807) is 48.2 Å². The van der Waals surface area contributed by atoms with E-state index in [9.17, 15) is 9.59 Å². The van der Waals surface area contributed by atoms with Gasteiger partial charge in [-0.05, 0) is 58.2 Å². The molecule has 0 bridgehead atoms. The molecule has 208 valence electrons. The van der Waals surface area contributed by atoms with E-state index in [0.717, 1.165) is 16.9 Å². The number of hydrogen-bond acceptors (Lipinski definition) is 6. The zero-order valence-corrected chi connectivity index (χ0v) is 24.0. The molecule has 9 nitrogen and oxygen atoms in total. The number of benzene rings is 2. The van der Waals surface area contributed by atoms with Crippen LogP contribution in [0.25, 0.3) is 5.69 Å². The van der Waals surface area contributed by atoms with Crippen LogP contribution in [0.3, 0.4) is 0 Å². The van der Waals surface area contributed by atoms with E-state index < -0.39 is 5.60 Å². The van der Waals surface area contributed by atoms with Crippen molar-refractivity contribution in [3.05, 3.63) is 64.4 Å². The van der Waals surface area contributed by atoms with E-state index >= 15 is 0 Å². The number of hydrogen-bond donors (Lipinski definition) is 1. The monoisotopic (exact) mass is 554 g/mol. The Bertz CT molecular complexity index is 1330. The smallest absolute Gasteiger partial charge is 0.410 e. The summed E-state index contributed by atoms with van der Waals surface area (Å²) in [4.78, 5) is 28.0. The number of aromatic nitrogens is 2. The van der Waals surface area contributed by atoms with E-state index in [1.165, 1.54) is 0 Å². The van der Waals surface area contributed by atoms with Crippen LogP contribution in [0.4, 0.5) is 10.5 Å². The highest BCUT2D eigenvalue weighted by molar-refractivity contribution is 6.31. The van der Waals surface area contributed by atoms with Crippen LogP contribution in [-0.4, -0.2) is 59.6 Å². The van der Waals surface area contributed by atoms with Crippen molar-refractivity contribution in [1.29, 1.82) is 0 Å². The van der Waals surface area contributed by atoms with Crippen molar-refractivity contribution in [2.75, 3.05) is 32.6 Å². The average Bonchev–Trinajstić information content (AvgIpc) is 3.34. The Balaban J connectivity index is 1.67. The van der Waals surface area contributed by atoms with Gasteiger partial charge in [0, 0.05) is 47.9 Å². The lowest BCUT2D eigenvalue weighted by Crippen LogP contribution is -2.41. The van der Waals surface area contributed by atoms with Gasteiger partial charge in [0.1, 0.15) is 17.1 Å². The molecule has 1 aliphatic heterocycles. The SMILES string of the molecule is COc1cc(NC(=O)c2cnn(-c3cccc(Cl)c3C)c2C2CCN(C(=O)OC(C)(C)C)CC2)cc(OC)c1. The molecule has 4 rings (SSSR count). The number of nitrogens with zero attached hydrogens (tertiary/aromatic N) is 3. The number of methoxy groups -OCH3 is 2. The Morgan fingerprint density at radius 1 is 1.05 bits per heavy atom. The predicted octanol–water partition coefficient (Wildman–Crippen LogP) is 6.22. The minimum Gasteiger partial charge on any atom is -0.497 e. The van der Waals surface area contributed by atoms with Gasteiger partial charge in [0.25, 0.3) is 5.91 Å². The lowest BCUT2D eigenvalue weighted by Gasteiger charge is -2.34. The molecule has 0 atom stereocenters. The van der Waals surface area contributed by atoms with Gasteiger partial charge in [-0.15, -0.1) is 0 Å². The fraction of sp³-hybridized carbons (Fsp3) is 0.414. The van der Waals surface area contributed by atoms with Crippen molar-refractivity contribution in [2.45, 2.75) is 52.1 Å². The number of anilines is 1. The third-order valence-electron chi connectivity index (χ3n) is 6.66. The molecule has 1 fully saturated rings. The maximum atomic E-state index is 13.6. The Kier molecular flexibility index (Phi) is 8.39. The molecule has 1 aliphatic rings. The molecule has 0 saturated carbocycles. The van der Waals surface area contributed by atoms with Crippen LogP contribution in [0.5, 0.6) is 11.5 Å². The highest BCUT2D eigenvalue weighted by Gasteiger charge is 2.32. The average molecular weight is 555 g/mol. The first-order valence-corrected chi connectivity index (χ1v) is 13.2. The second-order valence-corrected chi connectivity index (χ2v) is 10.9. The molecule has 1 N–H and O–H groups in total. The summed E-state index contributed by atoms with van der Waals surface area (Å²) in [6.45, 7) is 8.50. The number of halogens is 1. The Morgan fingerprint density at radius 3 is 2.28 bits per heavy atom. The first kappa shape index (κ1) is 28.3. The van der Waals surface area contributed by atoms with Gasteiger partial charge < -0.3 is 24.4 Å². The fourth-order valence-electron chi connectivity index (χ4n) is 4.68. The summed E-state index contributed by atoms with van der Waals surface area (Å²) >= 11 is 6.44. The topological polar surface area (TPSA) is 94.9 Å². The second-order valence-electron chi connectivity index (χ2n) is 10.5. The van der Waals surface area contributed by atoms with Gasteiger partial charge in [-0.3, -0.25) is 4.79 Å². The minimum absolute atomic E-state index is 0.0230. The Labute approximate surface area is 234 Å². The van der Waals surface area contributed by atoms with Crippen molar-refractivity contribution in [3.63, 3.8) is 0 Å². The number of nitrogens with one attached hydrogen (secondary N) is 1. The predicted molar refractivity (Wildman–Crippen MR) is 151 cm³/mol. The summed E-state index contributed by atoms with van der Waals surface area (Å²) in [7, 11) is 3.11. The van der Waals surface area contributed by atoms with Gasteiger partial charge in [0.15, 0.2) is 0 Å². The normalized spacial score (nSPS) is 14.2. The summed E-state index contributed by atoms with van der Waals surface area (Å²) in [6, 6.07) is 10.8. The van der Waals surface area contributed by atoms with Gasteiger partial charge in [-0.25, -0.2) is 9.48 Å². The van der Waals surface area contributed by atoms with Crippen LogP contribution >= 0.6 is 11.6 Å². The largest absolute Gasteiger partial charge is 0.497 e. The molecule has 0 radical (unpaired) electrons. The molecule has 1 aromatic heterocycles. The van der Waals surface area contributed by atoms with Crippen LogP contribution in [-0.2, 0) is 4.74 Å². The fourth-order valence-corrected chi connectivity index (χ4v) is 4.85. The molecule has 3 aromatic rings. The molecule has 1 saturated heterocycles. The molecular formula is C29H35ClN4O5. The molecule has 2 aromatic carbocycles. The minimum atomic E-state index is -0.565. The summed E-state index contributed by atoms with van der Waals surface area (Å²) in [5, 5.41) is 8.22. The highest BCUT2D eigenvalue weighted by Crippen LogP contribution is 2.35. The van der Waals surface area contributed by atoms with Crippen LogP contribution < -0.4 is 14.8 Å². The van der Waals surface area contributed by atoms with Gasteiger partial charge in [-0.2, -0.15) is 5.10 Å². The summed E-state index contributed by atoms with van der Waals surface area (Å²) in [5.74, 6) is 0.792. The van der Waals surface area contributed by atoms with Crippen molar-refractivity contribution in [3.8, 4) is 17.2 Å². The molecule has 0 aliphatic carbocycles. The van der Waals surface area contributed by atoms with Gasteiger partial charge >= 0.3 is 6.09 Å². The summed E-state index contributed by atoms with van der Waals surface area (Å²) < 4.78 is 18.1. The Morgan fingerprint density at radius 2 is 1.69 bits per heavy atom. The van der Waals surface area contributed by atoms with Crippen molar-refractivity contribution < 1.29 is 23.8 Å². The first-order valence-electron chi connectivity index (χ1n) is 12.9. The van der Waals surface area contributed by atoms with Crippen LogP contribution in [0, 0.1) is 6.92 Å². The third-order valence-corrected chi connectivity index (χ3v) is 7.07. The number of likely N-dealkylation sites (tertiary alicyclic amines) is 1. The van der Waals surface area contributed by atoms with Gasteiger partial charge in [0.05, 0.1) is 37.4 Å². The van der Waals surface area contributed by atoms with Gasteiger partial charge in [0.2, 0.25) is 0 Å². The first-order chi connectivity index (χ1) is 18.5. The molecule has 10 heteroatoms. The van der Waals surface area contributed by atoms with E-state index in [1.807, 2.05) is 45.9 Å². The highest BCUT2D eigenvalue weighted by atomic mass is 35.5. The second kappa shape index (κ2) is 11.6.